The van der Waals surface area contributed by atoms with Crippen molar-refractivity contribution in [1.29, 1.82) is 0 Å². The Labute approximate surface area is 151 Å². The molecule has 2 rings (SSSR count). The first-order valence-electron chi connectivity index (χ1n) is 9.02. The normalized spacial score (nSPS) is 15.6. The van der Waals surface area contributed by atoms with Crippen LogP contribution in [0.2, 0.25) is 0 Å². The standard InChI is InChI=1S/C19H31N3O3/c1-5-24-12-11-19(9-10-19)14-21-18(20-3)22-15-7-8-16(23-4)17(13-15)25-6-2/h7-8,13H,5-6,9-12,14H2,1-4H3,(H2,20,21,22). The minimum absolute atomic E-state index is 0.364. The molecule has 0 radical (unpaired) electrons. The van der Waals surface area contributed by atoms with E-state index in [-0.39, 0.29) is 0 Å². The largest absolute Gasteiger partial charge is 0.493 e. The molecule has 25 heavy (non-hydrogen) atoms. The predicted octanol–water partition coefficient (Wildman–Crippen LogP) is 3.29. The molecular weight excluding hydrogens is 318 g/mol. The Morgan fingerprint density at radius 3 is 2.60 bits per heavy atom. The van der Waals surface area contributed by atoms with Crippen molar-refractivity contribution in [3.8, 4) is 11.5 Å². The molecule has 1 aliphatic rings. The lowest BCUT2D eigenvalue weighted by Gasteiger charge is -2.19. The lowest BCUT2D eigenvalue weighted by Crippen LogP contribution is -2.35. The number of nitrogens with zero attached hydrogens (tertiary/aromatic N) is 1. The third kappa shape index (κ3) is 5.81. The summed E-state index contributed by atoms with van der Waals surface area (Å²) in [5.41, 5.74) is 1.28. The minimum Gasteiger partial charge on any atom is -0.493 e. The van der Waals surface area contributed by atoms with Crippen molar-refractivity contribution in [2.75, 3.05) is 45.8 Å². The fourth-order valence-electron chi connectivity index (χ4n) is 2.73. The van der Waals surface area contributed by atoms with E-state index in [0.717, 1.165) is 49.3 Å². The van der Waals surface area contributed by atoms with E-state index in [1.165, 1.54) is 12.8 Å². The molecule has 0 bridgehead atoms. The molecule has 0 spiro atoms. The van der Waals surface area contributed by atoms with Crippen LogP contribution in [0.1, 0.15) is 33.1 Å². The number of rotatable bonds is 10. The van der Waals surface area contributed by atoms with Gasteiger partial charge < -0.3 is 24.8 Å². The zero-order valence-corrected chi connectivity index (χ0v) is 15.9. The lowest BCUT2D eigenvalue weighted by molar-refractivity contribution is 0.128. The van der Waals surface area contributed by atoms with Gasteiger partial charge in [0.25, 0.3) is 0 Å². The minimum atomic E-state index is 0.364. The smallest absolute Gasteiger partial charge is 0.195 e. The van der Waals surface area contributed by atoms with Crippen LogP contribution in [0, 0.1) is 5.41 Å². The topological polar surface area (TPSA) is 64.1 Å². The number of ether oxygens (including phenoxy) is 3. The summed E-state index contributed by atoms with van der Waals surface area (Å²) in [5.74, 6) is 2.21. The zero-order chi connectivity index (χ0) is 18.1. The summed E-state index contributed by atoms with van der Waals surface area (Å²) in [6.45, 7) is 7.11. The number of benzene rings is 1. The first-order chi connectivity index (χ1) is 12.2. The Bertz CT molecular complexity index is 571. The Balaban J connectivity index is 1.90. The van der Waals surface area contributed by atoms with Crippen molar-refractivity contribution in [1.82, 2.24) is 5.32 Å². The summed E-state index contributed by atoms with van der Waals surface area (Å²) in [6, 6.07) is 5.78. The van der Waals surface area contributed by atoms with Gasteiger partial charge >= 0.3 is 0 Å². The average molecular weight is 349 g/mol. The molecule has 0 unspecified atom stereocenters. The van der Waals surface area contributed by atoms with Crippen LogP contribution in [-0.4, -0.2) is 46.5 Å². The van der Waals surface area contributed by atoms with Crippen LogP contribution in [0.5, 0.6) is 11.5 Å². The van der Waals surface area contributed by atoms with Gasteiger partial charge in [-0.25, -0.2) is 0 Å². The summed E-state index contributed by atoms with van der Waals surface area (Å²) in [7, 11) is 3.42. The van der Waals surface area contributed by atoms with E-state index < -0.39 is 0 Å². The molecule has 0 heterocycles. The van der Waals surface area contributed by atoms with E-state index in [2.05, 4.69) is 15.6 Å². The van der Waals surface area contributed by atoms with Crippen LogP contribution < -0.4 is 20.1 Å². The highest BCUT2D eigenvalue weighted by Gasteiger charge is 2.41. The fourth-order valence-corrected chi connectivity index (χ4v) is 2.73. The Kier molecular flexibility index (Phi) is 7.37. The predicted molar refractivity (Wildman–Crippen MR) is 102 cm³/mol. The van der Waals surface area contributed by atoms with E-state index in [1.807, 2.05) is 32.0 Å². The molecule has 0 atom stereocenters. The van der Waals surface area contributed by atoms with E-state index in [0.29, 0.717) is 12.0 Å². The number of methoxy groups -OCH3 is 1. The molecule has 0 aromatic heterocycles. The highest BCUT2D eigenvalue weighted by molar-refractivity contribution is 5.93. The molecular formula is C19H31N3O3. The first kappa shape index (κ1) is 19.4. The van der Waals surface area contributed by atoms with Gasteiger partial charge in [-0.1, -0.05) is 0 Å². The molecule has 2 N–H and O–H groups in total. The molecule has 1 aromatic carbocycles. The quantitative estimate of drug-likeness (QED) is 0.385. The van der Waals surface area contributed by atoms with Gasteiger partial charge in [0.15, 0.2) is 17.5 Å². The molecule has 1 saturated carbocycles. The third-order valence-electron chi connectivity index (χ3n) is 4.52. The van der Waals surface area contributed by atoms with E-state index in [4.69, 9.17) is 14.2 Å². The molecule has 0 saturated heterocycles. The van der Waals surface area contributed by atoms with Gasteiger partial charge in [-0.15, -0.1) is 0 Å². The van der Waals surface area contributed by atoms with Gasteiger partial charge in [-0.2, -0.15) is 0 Å². The molecule has 140 valence electrons. The fraction of sp³-hybridized carbons (Fsp3) is 0.632. The summed E-state index contributed by atoms with van der Waals surface area (Å²) >= 11 is 0. The number of hydrogen-bond acceptors (Lipinski definition) is 4. The molecule has 1 fully saturated rings. The third-order valence-corrected chi connectivity index (χ3v) is 4.52. The van der Waals surface area contributed by atoms with Crippen LogP contribution in [0.4, 0.5) is 5.69 Å². The van der Waals surface area contributed by atoms with Crippen molar-refractivity contribution in [2.24, 2.45) is 10.4 Å². The average Bonchev–Trinajstić information content (AvgIpc) is 3.39. The van der Waals surface area contributed by atoms with Gasteiger partial charge in [-0.3, -0.25) is 4.99 Å². The SMILES string of the molecule is CCOCCC1(CNC(=NC)Nc2ccc(OC)c(OCC)c2)CC1. The van der Waals surface area contributed by atoms with Crippen LogP contribution in [-0.2, 0) is 4.74 Å². The maximum Gasteiger partial charge on any atom is 0.195 e. The highest BCUT2D eigenvalue weighted by Crippen LogP contribution is 2.48. The second-order valence-corrected chi connectivity index (χ2v) is 6.30. The second-order valence-electron chi connectivity index (χ2n) is 6.30. The maximum absolute atomic E-state index is 5.62. The summed E-state index contributed by atoms with van der Waals surface area (Å²) in [4.78, 5) is 4.32. The van der Waals surface area contributed by atoms with E-state index >= 15 is 0 Å². The molecule has 0 aliphatic heterocycles. The Morgan fingerprint density at radius 1 is 1.20 bits per heavy atom. The number of nitrogens with one attached hydrogen (secondary N) is 2. The Morgan fingerprint density at radius 2 is 2.00 bits per heavy atom. The van der Waals surface area contributed by atoms with Crippen LogP contribution in [0.25, 0.3) is 0 Å². The molecule has 1 aliphatic carbocycles. The number of guanidine groups is 1. The van der Waals surface area contributed by atoms with Crippen molar-refractivity contribution < 1.29 is 14.2 Å². The van der Waals surface area contributed by atoms with Crippen LogP contribution >= 0.6 is 0 Å². The summed E-state index contributed by atoms with van der Waals surface area (Å²) in [6.07, 6.45) is 3.60. The van der Waals surface area contributed by atoms with E-state index in [1.54, 1.807) is 14.2 Å². The van der Waals surface area contributed by atoms with Crippen molar-refractivity contribution in [3.63, 3.8) is 0 Å². The summed E-state index contributed by atoms with van der Waals surface area (Å²) in [5, 5.41) is 6.76. The molecule has 6 heteroatoms. The zero-order valence-electron chi connectivity index (χ0n) is 15.9. The molecule has 0 amide bonds. The molecule has 6 nitrogen and oxygen atoms in total. The van der Waals surface area contributed by atoms with Gasteiger partial charge in [0.05, 0.1) is 13.7 Å². The lowest BCUT2D eigenvalue weighted by atomic mass is 10.0. The number of hydrogen-bond donors (Lipinski definition) is 2. The Hall–Kier alpha value is -1.95. The van der Waals surface area contributed by atoms with Crippen LogP contribution in [0.15, 0.2) is 23.2 Å². The second kappa shape index (κ2) is 9.51. The van der Waals surface area contributed by atoms with Crippen molar-refractivity contribution in [3.05, 3.63) is 18.2 Å². The van der Waals surface area contributed by atoms with Gasteiger partial charge in [0.2, 0.25) is 0 Å². The van der Waals surface area contributed by atoms with Gasteiger partial charge in [0, 0.05) is 38.6 Å². The van der Waals surface area contributed by atoms with Crippen LogP contribution in [0.3, 0.4) is 0 Å². The highest BCUT2D eigenvalue weighted by atomic mass is 16.5. The maximum atomic E-state index is 5.62. The van der Waals surface area contributed by atoms with Gasteiger partial charge in [0.1, 0.15) is 0 Å². The molecule has 1 aromatic rings. The van der Waals surface area contributed by atoms with Crippen molar-refractivity contribution >= 4 is 11.6 Å². The monoisotopic (exact) mass is 349 g/mol. The first-order valence-corrected chi connectivity index (χ1v) is 9.02. The van der Waals surface area contributed by atoms with E-state index in [9.17, 15) is 0 Å². The summed E-state index contributed by atoms with van der Waals surface area (Å²) < 4.78 is 16.4. The van der Waals surface area contributed by atoms with Crippen molar-refractivity contribution in [2.45, 2.75) is 33.1 Å². The number of anilines is 1. The number of aliphatic imine (C=N–C) groups is 1. The van der Waals surface area contributed by atoms with Gasteiger partial charge in [-0.05, 0) is 50.7 Å².